The number of amides is 2. The van der Waals surface area contributed by atoms with Crippen molar-refractivity contribution < 1.29 is 4.79 Å². The average molecular weight is 259 g/mol. The second-order valence-corrected chi connectivity index (χ2v) is 4.05. The van der Waals surface area contributed by atoms with Gasteiger partial charge in [0.1, 0.15) is 0 Å². The van der Waals surface area contributed by atoms with E-state index in [4.69, 9.17) is 5.73 Å². The molecule has 1 aromatic carbocycles. The number of aromatic nitrogens is 2. The van der Waals surface area contributed by atoms with Crippen molar-refractivity contribution in [2.75, 3.05) is 11.9 Å². The van der Waals surface area contributed by atoms with Gasteiger partial charge in [0.15, 0.2) is 0 Å². The van der Waals surface area contributed by atoms with Gasteiger partial charge in [0.05, 0.1) is 6.54 Å². The van der Waals surface area contributed by atoms with E-state index in [-0.39, 0.29) is 6.03 Å². The number of nitrogens with zero attached hydrogens (tertiary/aromatic N) is 2. The van der Waals surface area contributed by atoms with Crippen molar-refractivity contribution >= 4 is 11.7 Å². The van der Waals surface area contributed by atoms with Crippen LogP contribution in [-0.2, 0) is 13.1 Å². The molecule has 1 heterocycles. The number of hydrogen-bond donors (Lipinski definition) is 3. The summed E-state index contributed by atoms with van der Waals surface area (Å²) in [6, 6.07) is 9.07. The fourth-order valence-corrected chi connectivity index (χ4v) is 1.67. The summed E-state index contributed by atoms with van der Waals surface area (Å²) >= 11 is 0. The number of anilines is 1. The standard InChI is InChI=1S/C13H17N5O/c14-10-11-3-1-4-12(9-11)17-13(19)15-6-8-18-7-2-5-16-18/h1-5,7,9H,6,8,10,14H2,(H2,15,17,19). The zero-order valence-corrected chi connectivity index (χ0v) is 10.5. The second-order valence-electron chi connectivity index (χ2n) is 4.05. The number of urea groups is 1. The van der Waals surface area contributed by atoms with Gasteiger partial charge in [0, 0.05) is 31.2 Å². The molecule has 0 aliphatic heterocycles. The van der Waals surface area contributed by atoms with E-state index in [9.17, 15) is 4.79 Å². The molecule has 2 amide bonds. The minimum absolute atomic E-state index is 0.235. The van der Waals surface area contributed by atoms with Crippen molar-refractivity contribution in [1.29, 1.82) is 0 Å². The van der Waals surface area contributed by atoms with Crippen molar-refractivity contribution in [3.63, 3.8) is 0 Å². The third-order valence-electron chi connectivity index (χ3n) is 2.61. The number of benzene rings is 1. The summed E-state index contributed by atoms with van der Waals surface area (Å²) in [7, 11) is 0. The van der Waals surface area contributed by atoms with Gasteiger partial charge in [-0.05, 0) is 23.8 Å². The van der Waals surface area contributed by atoms with Gasteiger partial charge in [-0.2, -0.15) is 5.10 Å². The molecule has 0 aliphatic carbocycles. The van der Waals surface area contributed by atoms with Gasteiger partial charge in [0.25, 0.3) is 0 Å². The van der Waals surface area contributed by atoms with E-state index in [0.717, 1.165) is 11.3 Å². The maximum absolute atomic E-state index is 11.7. The van der Waals surface area contributed by atoms with E-state index < -0.39 is 0 Å². The molecule has 2 rings (SSSR count). The van der Waals surface area contributed by atoms with Gasteiger partial charge in [-0.15, -0.1) is 0 Å². The minimum atomic E-state index is -0.235. The Kier molecular flexibility index (Phi) is 4.52. The molecule has 19 heavy (non-hydrogen) atoms. The summed E-state index contributed by atoms with van der Waals surface area (Å²) in [4.78, 5) is 11.7. The lowest BCUT2D eigenvalue weighted by Gasteiger charge is -2.08. The van der Waals surface area contributed by atoms with Crippen molar-refractivity contribution in [3.05, 3.63) is 48.3 Å². The number of nitrogens with one attached hydrogen (secondary N) is 2. The summed E-state index contributed by atoms with van der Waals surface area (Å²) in [6.45, 7) is 1.61. The van der Waals surface area contributed by atoms with Crippen molar-refractivity contribution in [2.24, 2.45) is 5.73 Å². The highest BCUT2D eigenvalue weighted by molar-refractivity contribution is 5.89. The zero-order chi connectivity index (χ0) is 13.5. The Morgan fingerprint density at radius 2 is 2.26 bits per heavy atom. The smallest absolute Gasteiger partial charge is 0.319 e. The van der Waals surface area contributed by atoms with Crippen LogP contribution in [-0.4, -0.2) is 22.4 Å². The molecular formula is C13H17N5O. The number of hydrogen-bond acceptors (Lipinski definition) is 3. The molecule has 6 nitrogen and oxygen atoms in total. The monoisotopic (exact) mass is 259 g/mol. The van der Waals surface area contributed by atoms with Crippen LogP contribution in [0, 0.1) is 0 Å². The number of carbonyl (C=O) groups is 1. The molecule has 0 saturated heterocycles. The van der Waals surface area contributed by atoms with Crippen LogP contribution in [0.1, 0.15) is 5.56 Å². The summed E-state index contributed by atoms with van der Waals surface area (Å²) in [5, 5.41) is 9.58. The molecule has 1 aromatic heterocycles. The Morgan fingerprint density at radius 3 is 3.00 bits per heavy atom. The van der Waals surface area contributed by atoms with Gasteiger partial charge in [-0.1, -0.05) is 12.1 Å². The van der Waals surface area contributed by atoms with Crippen molar-refractivity contribution in [1.82, 2.24) is 15.1 Å². The highest BCUT2D eigenvalue weighted by Crippen LogP contribution is 2.09. The van der Waals surface area contributed by atoms with E-state index in [0.29, 0.717) is 19.6 Å². The highest BCUT2D eigenvalue weighted by atomic mass is 16.2. The number of nitrogens with two attached hydrogens (primary N) is 1. The first-order valence-electron chi connectivity index (χ1n) is 6.09. The predicted molar refractivity (Wildman–Crippen MR) is 73.6 cm³/mol. The minimum Gasteiger partial charge on any atom is -0.336 e. The third-order valence-corrected chi connectivity index (χ3v) is 2.61. The zero-order valence-electron chi connectivity index (χ0n) is 10.5. The van der Waals surface area contributed by atoms with Crippen LogP contribution < -0.4 is 16.4 Å². The molecule has 0 radical (unpaired) electrons. The van der Waals surface area contributed by atoms with Crippen LogP contribution in [0.4, 0.5) is 10.5 Å². The quantitative estimate of drug-likeness (QED) is 0.753. The van der Waals surface area contributed by atoms with Crippen molar-refractivity contribution in [2.45, 2.75) is 13.1 Å². The highest BCUT2D eigenvalue weighted by Gasteiger charge is 2.01. The first-order valence-corrected chi connectivity index (χ1v) is 6.09. The molecule has 0 spiro atoms. The van der Waals surface area contributed by atoms with Gasteiger partial charge in [-0.3, -0.25) is 4.68 Å². The Morgan fingerprint density at radius 1 is 1.37 bits per heavy atom. The predicted octanol–water partition coefficient (Wildman–Crippen LogP) is 1.16. The van der Waals surface area contributed by atoms with Crippen LogP contribution in [0.5, 0.6) is 0 Å². The van der Waals surface area contributed by atoms with Crippen LogP contribution in [0.25, 0.3) is 0 Å². The maximum atomic E-state index is 11.7. The van der Waals surface area contributed by atoms with E-state index in [2.05, 4.69) is 15.7 Å². The van der Waals surface area contributed by atoms with Crippen LogP contribution >= 0.6 is 0 Å². The molecule has 0 unspecified atom stereocenters. The molecule has 0 aliphatic rings. The molecule has 2 aromatic rings. The lowest BCUT2D eigenvalue weighted by Crippen LogP contribution is -2.31. The summed E-state index contributed by atoms with van der Waals surface area (Å²) in [5.41, 5.74) is 7.26. The largest absolute Gasteiger partial charge is 0.336 e. The van der Waals surface area contributed by atoms with Gasteiger partial charge < -0.3 is 16.4 Å². The molecule has 100 valence electrons. The number of carbonyl (C=O) groups excluding carboxylic acids is 1. The molecule has 0 bridgehead atoms. The van der Waals surface area contributed by atoms with E-state index in [1.165, 1.54) is 0 Å². The Bertz CT molecular complexity index is 524. The summed E-state index contributed by atoms with van der Waals surface area (Å²) in [6.07, 6.45) is 3.56. The lowest BCUT2D eigenvalue weighted by molar-refractivity contribution is 0.251. The molecule has 0 atom stereocenters. The summed E-state index contributed by atoms with van der Waals surface area (Å²) in [5.74, 6) is 0. The molecule has 6 heteroatoms. The van der Waals surface area contributed by atoms with Crippen molar-refractivity contribution in [3.8, 4) is 0 Å². The fourth-order valence-electron chi connectivity index (χ4n) is 1.67. The SMILES string of the molecule is NCc1cccc(NC(=O)NCCn2cccn2)c1. The first kappa shape index (κ1) is 13.1. The van der Waals surface area contributed by atoms with E-state index >= 15 is 0 Å². The van der Waals surface area contributed by atoms with Gasteiger partial charge >= 0.3 is 6.03 Å². The van der Waals surface area contributed by atoms with E-state index in [1.54, 1.807) is 10.9 Å². The first-order chi connectivity index (χ1) is 9.28. The Labute approximate surface area is 111 Å². The fraction of sp³-hybridized carbons (Fsp3) is 0.231. The molecule has 0 fully saturated rings. The normalized spacial score (nSPS) is 10.2. The Hall–Kier alpha value is -2.34. The lowest BCUT2D eigenvalue weighted by atomic mass is 10.2. The number of rotatable bonds is 5. The maximum Gasteiger partial charge on any atom is 0.319 e. The topological polar surface area (TPSA) is 85.0 Å². The average Bonchev–Trinajstić information content (AvgIpc) is 2.92. The summed E-state index contributed by atoms with van der Waals surface area (Å²) < 4.78 is 1.76. The molecule has 4 N–H and O–H groups in total. The Balaban J connectivity index is 1.77. The van der Waals surface area contributed by atoms with Crippen LogP contribution in [0.3, 0.4) is 0 Å². The van der Waals surface area contributed by atoms with Gasteiger partial charge in [-0.25, -0.2) is 4.79 Å². The van der Waals surface area contributed by atoms with Gasteiger partial charge in [0.2, 0.25) is 0 Å². The molecular weight excluding hydrogens is 242 g/mol. The van der Waals surface area contributed by atoms with Crippen LogP contribution in [0.2, 0.25) is 0 Å². The second kappa shape index (κ2) is 6.55. The third kappa shape index (κ3) is 4.11. The molecule has 0 saturated carbocycles. The van der Waals surface area contributed by atoms with E-state index in [1.807, 2.05) is 36.5 Å². The van der Waals surface area contributed by atoms with Crippen LogP contribution in [0.15, 0.2) is 42.7 Å².